The Morgan fingerprint density at radius 1 is 1.04 bits per heavy atom. The molecule has 2 aromatic rings. The first-order valence-electron chi connectivity index (χ1n) is 9.28. The fourth-order valence-corrected chi connectivity index (χ4v) is 3.69. The van der Waals surface area contributed by atoms with Gasteiger partial charge in [0, 0.05) is 6.04 Å². The Morgan fingerprint density at radius 3 is 2.14 bits per heavy atom. The van der Waals surface area contributed by atoms with Gasteiger partial charge in [0.2, 0.25) is 0 Å². The number of likely N-dealkylation sites (tertiary alicyclic amines) is 1. The summed E-state index contributed by atoms with van der Waals surface area (Å²) in [5, 5.41) is 11.1. The summed E-state index contributed by atoms with van der Waals surface area (Å²) >= 11 is 0. The zero-order valence-electron chi connectivity index (χ0n) is 15.6. The normalized spacial score (nSPS) is 17.3. The molecule has 4 nitrogen and oxygen atoms in total. The van der Waals surface area contributed by atoms with Gasteiger partial charge in [-0.15, -0.1) is 0 Å². The molecule has 0 aliphatic carbocycles. The van der Waals surface area contributed by atoms with Crippen molar-refractivity contribution in [3.05, 3.63) is 65.7 Å². The summed E-state index contributed by atoms with van der Waals surface area (Å²) in [4.78, 5) is 15.3. The van der Waals surface area contributed by atoms with Gasteiger partial charge in [0.1, 0.15) is 0 Å². The van der Waals surface area contributed by atoms with Crippen LogP contribution in [-0.2, 0) is 11.0 Å². The van der Waals surface area contributed by atoms with Crippen LogP contribution in [0.2, 0.25) is 0 Å². The number of rotatable bonds is 5. The van der Waals surface area contributed by atoms with Gasteiger partial charge in [-0.1, -0.05) is 30.3 Å². The van der Waals surface area contributed by atoms with Gasteiger partial charge in [0.25, 0.3) is 5.91 Å². The highest BCUT2D eigenvalue weighted by atomic mass is 19.4. The lowest BCUT2D eigenvalue weighted by Gasteiger charge is -2.33. The fraction of sp³-hybridized carbons (Fsp3) is 0.381. The number of hydrogen-bond acceptors (Lipinski definition) is 3. The van der Waals surface area contributed by atoms with E-state index in [1.807, 2.05) is 6.92 Å². The smallest absolute Gasteiger partial charge is 0.300 e. The van der Waals surface area contributed by atoms with E-state index in [2.05, 4.69) is 4.90 Å². The Morgan fingerprint density at radius 2 is 1.61 bits per heavy atom. The maximum atomic E-state index is 13.2. The van der Waals surface area contributed by atoms with Crippen LogP contribution in [0.15, 0.2) is 54.6 Å². The molecule has 2 unspecified atom stereocenters. The minimum Gasteiger partial charge on any atom is -0.300 e. The summed E-state index contributed by atoms with van der Waals surface area (Å²) in [6.07, 6.45) is -2.41. The lowest BCUT2D eigenvalue weighted by molar-refractivity contribution is -0.137. The monoisotopic (exact) mass is 392 g/mol. The molecule has 7 heteroatoms. The molecule has 3 rings (SSSR count). The number of benzene rings is 2. The molecule has 0 saturated carbocycles. The Balaban J connectivity index is 1.94. The maximum Gasteiger partial charge on any atom is 0.416 e. The van der Waals surface area contributed by atoms with Gasteiger partial charge in [-0.05, 0) is 62.7 Å². The highest BCUT2D eigenvalue weighted by molar-refractivity contribution is 5.96. The van der Waals surface area contributed by atoms with Crippen molar-refractivity contribution in [1.29, 1.82) is 0 Å². The topological polar surface area (TPSA) is 43.8 Å². The molecule has 2 atom stereocenters. The van der Waals surface area contributed by atoms with Crippen molar-refractivity contribution in [1.82, 2.24) is 4.90 Å². The number of hydrogen-bond donors (Lipinski definition) is 1. The van der Waals surface area contributed by atoms with Crippen molar-refractivity contribution in [3.8, 4) is 0 Å². The van der Waals surface area contributed by atoms with Crippen LogP contribution in [-0.4, -0.2) is 35.1 Å². The van der Waals surface area contributed by atoms with Gasteiger partial charge in [0.15, 0.2) is 0 Å². The molecule has 0 aromatic heterocycles. The minimum atomic E-state index is -4.44. The molecule has 0 radical (unpaired) electrons. The van der Waals surface area contributed by atoms with Gasteiger partial charge in [0.05, 0.1) is 17.2 Å². The third-order valence-electron chi connectivity index (χ3n) is 5.27. The van der Waals surface area contributed by atoms with Crippen LogP contribution in [0.4, 0.5) is 18.9 Å². The molecule has 0 bridgehead atoms. The lowest BCUT2D eigenvalue weighted by atomic mass is 9.89. The van der Waals surface area contributed by atoms with E-state index in [-0.39, 0.29) is 6.04 Å². The number of hydroxylamine groups is 1. The molecule has 1 heterocycles. The first kappa shape index (κ1) is 20.4. The number of alkyl halides is 3. The van der Waals surface area contributed by atoms with Crippen molar-refractivity contribution >= 4 is 11.6 Å². The number of amides is 1. The minimum absolute atomic E-state index is 0.259. The molecule has 1 aliphatic heterocycles. The van der Waals surface area contributed by atoms with E-state index in [1.54, 1.807) is 30.3 Å². The Hall–Kier alpha value is -2.38. The van der Waals surface area contributed by atoms with Gasteiger partial charge < -0.3 is 0 Å². The van der Waals surface area contributed by atoms with Gasteiger partial charge in [-0.25, -0.2) is 0 Å². The Bertz CT molecular complexity index is 788. The average molecular weight is 392 g/mol. The summed E-state index contributed by atoms with van der Waals surface area (Å²) in [5.74, 6) is -1.35. The van der Waals surface area contributed by atoms with Crippen LogP contribution < -0.4 is 5.06 Å². The second-order valence-corrected chi connectivity index (χ2v) is 7.07. The van der Waals surface area contributed by atoms with Crippen LogP contribution in [0.25, 0.3) is 0 Å². The molecule has 2 aromatic carbocycles. The summed E-state index contributed by atoms with van der Waals surface area (Å²) in [5.41, 5.74) is 0.00519. The van der Waals surface area contributed by atoms with Crippen molar-refractivity contribution in [2.45, 2.75) is 37.9 Å². The number of carbonyl (C=O) groups is 1. The molecular formula is C21H23F3N2O2. The van der Waals surface area contributed by atoms with Crippen molar-refractivity contribution in [2.75, 3.05) is 18.2 Å². The summed E-state index contributed by atoms with van der Waals surface area (Å²) < 4.78 is 38.7. The fourth-order valence-electron chi connectivity index (χ4n) is 3.69. The highest BCUT2D eigenvalue weighted by Crippen LogP contribution is 2.33. The third kappa shape index (κ3) is 4.36. The van der Waals surface area contributed by atoms with Crippen LogP contribution in [0, 0.1) is 0 Å². The van der Waals surface area contributed by atoms with E-state index in [4.69, 9.17) is 0 Å². The lowest BCUT2D eigenvalue weighted by Crippen LogP contribution is -2.44. The predicted molar refractivity (Wildman–Crippen MR) is 100 cm³/mol. The molecular weight excluding hydrogens is 369 g/mol. The molecule has 1 N–H and O–H groups in total. The van der Waals surface area contributed by atoms with Crippen LogP contribution in [0.3, 0.4) is 0 Å². The van der Waals surface area contributed by atoms with Gasteiger partial charge >= 0.3 is 6.18 Å². The molecule has 1 aliphatic rings. The second kappa shape index (κ2) is 8.32. The van der Waals surface area contributed by atoms with E-state index in [0.29, 0.717) is 16.3 Å². The standard InChI is InChI=1S/C21H23F3N2O2/c1-15(25-13-5-6-14-25)19(16-9-11-17(12-10-16)21(22,23)24)20(27)26(28)18-7-3-2-4-8-18/h2-4,7-12,15,19,28H,5-6,13-14H2,1H3. The average Bonchev–Trinajstić information content (AvgIpc) is 3.22. The highest BCUT2D eigenvalue weighted by Gasteiger charge is 2.36. The molecule has 1 amide bonds. The Kier molecular flexibility index (Phi) is 6.05. The van der Waals surface area contributed by atoms with Crippen LogP contribution in [0.5, 0.6) is 0 Å². The maximum absolute atomic E-state index is 13.2. The first-order chi connectivity index (χ1) is 13.3. The van der Waals surface area contributed by atoms with E-state index < -0.39 is 23.6 Å². The third-order valence-corrected chi connectivity index (χ3v) is 5.27. The quantitative estimate of drug-likeness (QED) is 0.593. The first-order valence-corrected chi connectivity index (χ1v) is 9.28. The molecule has 150 valence electrons. The molecule has 1 fully saturated rings. The Labute approximate surface area is 162 Å². The summed E-state index contributed by atoms with van der Waals surface area (Å²) in [7, 11) is 0. The van der Waals surface area contributed by atoms with Gasteiger partial charge in [-0.2, -0.15) is 18.2 Å². The molecule has 28 heavy (non-hydrogen) atoms. The van der Waals surface area contributed by atoms with Gasteiger partial charge in [-0.3, -0.25) is 14.9 Å². The van der Waals surface area contributed by atoms with E-state index in [9.17, 15) is 23.2 Å². The molecule has 1 saturated heterocycles. The predicted octanol–water partition coefficient (Wildman–Crippen LogP) is 4.70. The summed E-state index contributed by atoms with van der Waals surface area (Å²) in [6.45, 7) is 3.52. The molecule has 0 spiro atoms. The second-order valence-electron chi connectivity index (χ2n) is 7.07. The number of carbonyl (C=O) groups excluding carboxylic acids is 1. The van der Waals surface area contributed by atoms with Crippen LogP contribution >= 0.6 is 0 Å². The number of nitrogens with zero attached hydrogens (tertiary/aromatic N) is 2. The SMILES string of the molecule is CC(C(C(=O)N(O)c1ccccc1)c1ccc(C(F)(F)F)cc1)N1CCCC1. The van der Waals surface area contributed by atoms with E-state index in [1.165, 1.54) is 12.1 Å². The van der Waals surface area contributed by atoms with Crippen LogP contribution in [0.1, 0.15) is 36.8 Å². The van der Waals surface area contributed by atoms with Crippen molar-refractivity contribution in [2.24, 2.45) is 0 Å². The largest absolute Gasteiger partial charge is 0.416 e. The van der Waals surface area contributed by atoms with E-state index in [0.717, 1.165) is 38.1 Å². The van der Waals surface area contributed by atoms with Crippen molar-refractivity contribution in [3.63, 3.8) is 0 Å². The zero-order chi connectivity index (χ0) is 20.3. The number of anilines is 1. The summed E-state index contributed by atoms with van der Waals surface area (Å²) in [6, 6.07) is 12.7. The zero-order valence-corrected chi connectivity index (χ0v) is 15.6. The number of halogens is 3. The number of para-hydroxylation sites is 1. The van der Waals surface area contributed by atoms with Crippen molar-refractivity contribution < 1.29 is 23.2 Å². The van der Waals surface area contributed by atoms with E-state index >= 15 is 0 Å².